The van der Waals surface area contributed by atoms with E-state index >= 15 is 0 Å². The van der Waals surface area contributed by atoms with Gasteiger partial charge in [-0.15, -0.1) is 0 Å². The first kappa shape index (κ1) is 26.0. The number of nitrogens with one attached hydrogen (secondary N) is 1. The van der Waals surface area contributed by atoms with Gasteiger partial charge in [0.2, 0.25) is 0 Å². The highest BCUT2D eigenvalue weighted by Gasteiger charge is 2.44. The number of rotatable bonds is 10. The van der Waals surface area contributed by atoms with Crippen LogP contribution in [-0.2, 0) is 26.5 Å². The topological polar surface area (TPSA) is 104 Å². The number of benzene rings is 1. The standard InChI is InChI=1S/C24H29F2N3O6Si/c1-32-24(12-34-13-24)16-11-29(14-33-7-8-36(2,3)4)22-20(16)19(5-6-27-22)35-21-17(25)9-15(10-18(21)26)28-23(30)31/h5-6,9-11,28H,7-8,12-14H2,1-4H3,(H,30,31). The molecule has 0 saturated carbocycles. The summed E-state index contributed by atoms with van der Waals surface area (Å²) in [4.78, 5) is 15.3. The van der Waals surface area contributed by atoms with Crippen LogP contribution >= 0.6 is 0 Å². The zero-order valence-corrected chi connectivity index (χ0v) is 21.6. The van der Waals surface area contributed by atoms with E-state index in [1.807, 2.05) is 16.1 Å². The van der Waals surface area contributed by atoms with Crippen molar-refractivity contribution in [3.8, 4) is 11.5 Å². The Labute approximate surface area is 207 Å². The van der Waals surface area contributed by atoms with E-state index in [2.05, 4.69) is 24.6 Å². The van der Waals surface area contributed by atoms with Crippen LogP contribution in [0.25, 0.3) is 11.0 Å². The van der Waals surface area contributed by atoms with Crippen molar-refractivity contribution >= 4 is 30.9 Å². The third kappa shape index (κ3) is 5.36. The van der Waals surface area contributed by atoms with E-state index < -0.39 is 37.2 Å². The van der Waals surface area contributed by atoms with Gasteiger partial charge in [-0.3, -0.25) is 5.32 Å². The Balaban J connectivity index is 1.73. The van der Waals surface area contributed by atoms with Gasteiger partial charge in [-0.05, 0) is 12.1 Å². The van der Waals surface area contributed by atoms with Gasteiger partial charge in [-0.25, -0.2) is 18.6 Å². The van der Waals surface area contributed by atoms with Crippen LogP contribution in [0.15, 0.2) is 30.6 Å². The fourth-order valence-corrected chi connectivity index (χ4v) is 4.65. The largest absolute Gasteiger partial charge is 0.465 e. The van der Waals surface area contributed by atoms with Crippen molar-refractivity contribution in [1.29, 1.82) is 0 Å². The Morgan fingerprint density at radius 3 is 2.53 bits per heavy atom. The second-order valence-corrected chi connectivity index (χ2v) is 15.5. The molecule has 0 radical (unpaired) electrons. The van der Waals surface area contributed by atoms with Crippen LogP contribution in [0.1, 0.15) is 5.56 Å². The van der Waals surface area contributed by atoms with Crippen molar-refractivity contribution in [3.63, 3.8) is 0 Å². The molecule has 1 aliphatic heterocycles. The van der Waals surface area contributed by atoms with Crippen molar-refractivity contribution < 1.29 is 37.6 Å². The fraction of sp³-hybridized carbons (Fsp3) is 0.417. The van der Waals surface area contributed by atoms with Crippen molar-refractivity contribution in [2.24, 2.45) is 0 Å². The monoisotopic (exact) mass is 521 g/mol. The molecule has 1 aromatic carbocycles. The van der Waals surface area contributed by atoms with Gasteiger partial charge in [-0.1, -0.05) is 19.6 Å². The number of aromatic nitrogens is 2. The molecule has 1 aliphatic rings. The summed E-state index contributed by atoms with van der Waals surface area (Å²) in [5.74, 6) is -2.63. The van der Waals surface area contributed by atoms with E-state index in [-0.39, 0.29) is 18.2 Å². The summed E-state index contributed by atoms with van der Waals surface area (Å²) in [6.07, 6.45) is 1.88. The predicted octanol–water partition coefficient (Wildman–Crippen LogP) is 5.38. The third-order valence-corrected chi connectivity index (χ3v) is 7.66. The number of hydrogen-bond donors (Lipinski definition) is 2. The summed E-state index contributed by atoms with van der Waals surface area (Å²) in [6.45, 7) is 8.24. The van der Waals surface area contributed by atoms with Crippen molar-refractivity contribution in [2.45, 2.75) is 38.0 Å². The Morgan fingerprint density at radius 2 is 1.97 bits per heavy atom. The molecule has 1 fully saturated rings. The van der Waals surface area contributed by atoms with Crippen LogP contribution in [0, 0.1) is 11.6 Å². The van der Waals surface area contributed by atoms with Gasteiger partial charge in [0.15, 0.2) is 17.4 Å². The molecule has 0 spiro atoms. The van der Waals surface area contributed by atoms with E-state index in [0.717, 1.165) is 18.2 Å². The minimum absolute atomic E-state index is 0.163. The average molecular weight is 522 g/mol. The SMILES string of the molecule is COC1(c2cn(COCC[Si](C)(C)C)c3nccc(Oc4c(F)cc(NC(=O)O)cc4F)c23)COC1. The summed E-state index contributed by atoms with van der Waals surface area (Å²) < 4.78 is 54.2. The summed E-state index contributed by atoms with van der Waals surface area (Å²) in [5.41, 5.74) is 0.184. The molecule has 194 valence electrons. The summed E-state index contributed by atoms with van der Waals surface area (Å²) in [5, 5.41) is 11.3. The van der Waals surface area contributed by atoms with Crippen LogP contribution in [-0.4, -0.2) is 55.8 Å². The minimum atomic E-state index is -1.44. The second-order valence-electron chi connectivity index (χ2n) is 9.86. The number of ether oxygens (including phenoxy) is 4. The van der Waals surface area contributed by atoms with Crippen LogP contribution in [0.3, 0.4) is 0 Å². The first-order chi connectivity index (χ1) is 17.0. The molecule has 3 aromatic rings. The molecule has 0 aliphatic carbocycles. The number of anilines is 1. The van der Waals surface area contributed by atoms with Crippen LogP contribution < -0.4 is 10.1 Å². The van der Waals surface area contributed by atoms with Gasteiger partial charge in [0.25, 0.3) is 0 Å². The summed E-state index contributed by atoms with van der Waals surface area (Å²) in [7, 11) is 0.303. The van der Waals surface area contributed by atoms with Gasteiger partial charge in [-0.2, -0.15) is 0 Å². The molecule has 0 atom stereocenters. The highest BCUT2D eigenvalue weighted by atomic mass is 28.3. The normalized spacial score (nSPS) is 15.1. The molecule has 3 heterocycles. The van der Waals surface area contributed by atoms with Crippen molar-refractivity contribution in [1.82, 2.24) is 9.55 Å². The number of carboxylic acid groups (broad SMARTS) is 1. The molecule has 0 bridgehead atoms. The zero-order valence-electron chi connectivity index (χ0n) is 20.6. The number of pyridine rings is 1. The molecular formula is C24H29F2N3O6Si. The first-order valence-corrected chi connectivity index (χ1v) is 15.1. The molecule has 0 unspecified atom stereocenters. The maximum atomic E-state index is 14.8. The number of carbonyl (C=O) groups is 1. The number of hydrogen-bond acceptors (Lipinski definition) is 6. The summed E-state index contributed by atoms with van der Waals surface area (Å²) >= 11 is 0. The second kappa shape index (κ2) is 10.1. The molecule has 2 N–H and O–H groups in total. The predicted molar refractivity (Wildman–Crippen MR) is 131 cm³/mol. The maximum absolute atomic E-state index is 14.8. The number of amides is 1. The Bertz CT molecular complexity index is 1240. The highest BCUT2D eigenvalue weighted by molar-refractivity contribution is 6.76. The van der Waals surface area contributed by atoms with E-state index in [1.165, 1.54) is 12.3 Å². The molecule has 1 saturated heterocycles. The Morgan fingerprint density at radius 1 is 1.28 bits per heavy atom. The van der Waals surface area contributed by atoms with Gasteiger partial charge in [0, 0.05) is 51.9 Å². The first-order valence-electron chi connectivity index (χ1n) is 11.4. The number of nitrogens with zero attached hydrogens (tertiary/aromatic N) is 2. The quantitative estimate of drug-likeness (QED) is 0.273. The average Bonchev–Trinajstić information content (AvgIpc) is 3.12. The Kier molecular flexibility index (Phi) is 7.32. The molecule has 36 heavy (non-hydrogen) atoms. The molecule has 9 nitrogen and oxygen atoms in total. The lowest BCUT2D eigenvalue weighted by molar-refractivity contribution is -0.201. The molecule has 4 rings (SSSR count). The van der Waals surface area contributed by atoms with Gasteiger partial charge < -0.3 is 28.6 Å². The van der Waals surface area contributed by atoms with Gasteiger partial charge >= 0.3 is 6.09 Å². The van der Waals surface area contributed by atoms with E-state index in [9.17, 15) is 13.6 Å². The van der Waals surface area contributed by atoms with Gasteiger partial charge in [0.1, 0.15) is 23.7 Å². The lowest BCUT2D eigenvalue weighted by Crippen LogP contribution is -2.48. The van der Waals surface area contributed by atoms with Crippen molar-refractivity contribution in [3.05, 3.63) is 47.8 Å². The third-order valence-electron chi connectivity index (χ3n) is 5.96. The molecule has 1 amide bonds. The lowest BCUT2D eigenvalue weighted by Gasteiger charge is -2.40. The smallest absolute Gasteiger partial charge is 0.409 e. The fourth-order valence-electron chi connectivity index (χ4n) is 3.89. The molecule has 2 aromatic heterocycles. The minimum Gasteiger partial charge on any atom is -0.465 e. The lowest BCUT2D eigenvalue weighted by atomic mass is 9.91. The number of halogens is 2. The molecular weight excluding hydrogens is 492 g/mol. The highest BCUT2D eigenvalue weighted by Crippen LogP contribution is 2.43. The zero-order chi connectivity index (χ0) is 26.1. The molecule has 12 heteroatoms. The van der Waals surface area contributed by atoms with E-state index in [1.54, 1.807) is 7.11 Å². The van der Waals surface area contributed by atoms with E-state index in [0.29, 0.717) is 36.4 Å². The van der Waals surface area contributed by atoms with E-state index in [4.69, 9.17) is 24.1 Å². The van der Waals surface area contributed by atoms with Crippen LogP contribution in [0.5, 0.6) is 11.5 Å². The van der Waals surface area contributed by atoms with Gasteiger partial charge in [0.05, 0.1) is 24.3 Å². The Hall–Kier alpha value is -3.06. The van der Waals surface area contributed by atoms with Crippen molar-refractivity contribution in [2.75, 3.05) is 32.2 Å². The van der Waals surface area contributed by atoms with Crippen LogP contribution in [0.2, 0.25) is 25.7 Å². The van der Waals surface area contributed by atoms with Crippen LogP contribution in [0.4, 0.5) is 19.3 Å². The maximum Gasteiger partial charge on any atom is 0.409 e. The number of methoxy groups -OCH3 is 1. The summed E-state index contributed by atoms with van der Waals surface area (Å²) in [6, 6.07) is 4.20. The number of fused-ring (bicyclic) bond motifs is 1.